The number of carbonyl (C=O) groups excluding carboxylic acids is 3. The summed E-state index contributed by atoms with van der Waals surface area (Å²) in [5, 5.41) is 3.08. The molecular weight excluding hydrogens is 552 g/mol. The highest BCUT2D eigenvalue weighted by atomic mass is 16.5. The zero-order valence-electron chi connectivity index (χ0n) is 25.0. The predicted molar refractivity (Wildman–Crippen MR) is 170 cm³/mol. The van der Waals surface area contributed by atoms with Crippen LogP contribution in [0.5, 0.6) is 11.5 Å². The molecule has 0 bridgehead atoms. The number of fused-ring (bicyclic) bond motifs is 6. The van der Waals surface area contributed by atoms with E-state index in [0.717, 1.165) is 22.4 Å². The molecule has 3 aliphatic rings. The first-order valence-electron chi connectivity index (χ1n) is 14.7. The molecule has 7 heteroatoms. The zero-order valence-corrected chi connectivity index (χ0v) is 25.0. The Morgan fingerprint density at radius 3 is 2.34 bits per heavy atom. The normalized spacial score (nSPS) is 22.9. The molecule has 0 unspecified atom stereocenters. The molecule has 0 radical (unpaired) electrons. The van der Waals surface area contributed by atoms with Crippen LogP contribution in [0.4, 0.5) is 11.4 Å². The van der Waals surface area contributed by atoms with Gasteiger partial charge in [-0.25, -0.2) is 0 Å². The quantitative estimate of drug-likeness (QED) is 0.270. The highest BCUT2D eigenvalue weighted by molar-refractivity contribution is 6.19. The molecule has 1 N–H and O–H groups in total. The van der Waals surface area contributed by atoms with Crippen molar-refractivity contribution in [1.82, 2.24) is 0 Å². The number of ether oxygens (including phenoxy) is 2. The monoisotopic (exact) mass is 584 g/mol. The van der Waals surface area contributed by atoms with Crippen molar-refractivity contribution in [2.24, 2.45) is 5.92 Å². The van der Waals surface area contributed by atoms with Crippen LogP contribution in [0.15, 0.2) is 97.1 Å². The first-order valence-corrected chi connectivity index (χ1v) is 14.7. The Morgan fingerprint density at radius 2 is 1.59 bits per heavy atom. The van der Waals surface area contributed by atoms with Crippen molar-refractivity contribution >= 4 is 34.4 Å². The summed E-state index contributed by atoms with van der Waals surface area (Å²) < 4.78 is 11.2. The Bertz CT molecular complexity index is 1880. The molecule has 7 rings (SSSR count). The summed E-state index contributed by atoms with van der Waals surface area (Å²) in [4.78, 5) is 46.7. The summed E-state index contributed by atoms with van der Waals surface area (Å²) in [5.74, 6) is -1.20. The van der Waals surface area contributed by atoms with Gasteiger partial charge in [0.15, 0.2) is 11.6 Å². The molecule has 44 heavy (non-hydrogen) atoms. The van der Waals surface area contributed by atoms with Gasteiger partial charge < -0.3 is 19.7 Å². The molecule has 3 heterocycles. The van der Waals surface area contributed by atoms with Gasteiger partial charge >= 0.3 is 0 Å². The average molecular weight is 585 g/mol. The van der Waals surface area contributed by atoms with Gasteiger partial charge in [-0.3, -0.25) is 14.4 Å². The summed E-state index contributed by atoms with van der Waals surface area (Å²) in [7, 11) is 3.03. The number of carbonyl (C=O) groups is 3. The fraction of sp³-hybridized carbons (Fsp3) is 0.216. The number of rotatable bonds is 6. The topological polar surface area (TPSA) is 84.9 Å². The van der Waals surface area contributed by atoms with E-state index in [4.69, 9.17) is 9.47 Å². The molecule has 0 saturated carbocycles. The summed E-state index contributed by atoms with van der Waals surface area (Å²) >= 11 is 0. The predicted octanol–water partition coefficient (Wildman–Crippen LogP) is 6.26. The number of para-hydroxylation sites is 1. The molecule has 220 valence electrons. The molecule has 1 saturated heterocycles. The molecule has 0 aliphatic carbocycles. The number of nitrogens with one attached hydrogen (secondary N) is 1. The molecule has 3 aliphatic heterocycles. The maximum absolute atomic E-state index is 15.2. The van der Waals surface area contributed by atoms with E-state index in [-0.39, 0.29) is 23.0 Å². The van der Waals surface area contributed by atoms with E-state index in [0.29, 0.717) is 28.3 Å². The Morgan fingerprint density at radius 1 is 0.841 bits per heavy atom. The number of hydrogen-bond donors (Lipinski definition) is 1. The van der Waals surface area contributed by atoms with Crippen LogP contribution in [0, 0.1) is 12.8 Å². The van der Waals surface area contributed by atoms with Gasteiger partial charge in [-0.2, -0.15) is 0 Å². The van der Waals surface area contributed by atoms with Gasteiger partial charge in [0, 0.05) is 22.5 Å². The molecule has 4 aromatic carbocycles. The van der Waals surface area contributed by atoms with Crippen LogP contribution in [0.3, 0.4) is 0 Å². The lowest BCUT2D eigenvalue weighted by Crippen LogP contribution is -2.51. The number of anilines is 2. The van der Waals surface area contributed by atoms with Crippen molar-refractivity contribution in [2.45, 2.75) is 31.3 Å². The third kappa shape index (κ3) is 3.78. The SMILES string of the molecule is COc1ccc(OC)c(C(=O)[C@@H]2[C@H](C(=O)c3ccccc3)N3c4ccc(C)cc4C(C)=C[C@@H]3[C@@]23C(=O)Nc2ccccc23)c1. The van der Waals surface area contributed by atoms with E-state index in [9.17, 15) is 9.59 Å². The van der Waals surface area contributed by atoms with Crippen molar-refractivity contribution in [1.29, 1.82) is 0 Å². The molecule has 1 amide bonds. The fourth-order valence-corrected chi connectivity index (χ4v) is 7.49. The van der Waals surface area contributed by atoms with Gasteiger partial charge in [-0.05, 0) is 61.4 Å². The maximum atomic E-state index is 15.2. The first-order chi connectivity index (χ1) is 21.3. The lowest BCUT2D eigenvalue weighted by molar-refractivity contribution is -0.121. The average Bonchev–Trinajstić information content (AvgIpc) is 3.52. The minimum Gasteiger partial charge on any atom is -0.497 e. The fourth-order valence-electron chi connectivity index (χ4n) is 7.49. The Balaban J connectivity index is 1.57. The van der Waals surface area contributed by atoms with E-state index >= 15 is 4.79 Å². The number of Topliss-reactive ketones (excluding diaryl/α,β-unsaturated/α-hetero) is 2. The third-order valence-corrected chi connectivity index (χ3v) is 9.41. The zero-order chi connectivity index (χ0) is 30.7. The Hall–Kier alpha value is -5.17. The molecule has 1 fully saturated rings. The van der Waals surface area contributed by atoms with Crippen LogP contribution in [0.1, 0.15) is 44.3 Å². The van der Waals surface area contributed by atoms with Crippen LogP contribution in [-0.4, -0.2) is 43.8 Å². The summed E-state index contributed by atoms with van der Waals surface area (Å²) in [5.41, 5.74) is 4.50. The largest absolute Gasteiger partial charge is 0.497 e. The number of methoxy groups -OCH3 is 2. The molecule has 0 aromatic heterocycles. The van der Waals surface area contributed by atoms with Crippen LogP contribution in [0.25, 0.3) is 5.57 Å². The highest BCUT2D eigenvalue weighted by Crippen LogP contribution is 2.59. The second-order valence-electron chi connectivity index (χ2n) is 11.7. The lowest BCUT2D eigenvalue weighted by Gasteiger charge is -2.39. The second-order valence-corrected chi connectivity index (χ2v) is 11.7. The van der Waals surface area contributed by atoms with Gasteiger partial charge in [-0.1, -0.05) is 66.2 Å². The van der Waals surface area contributed by atoms with Crippen LogP contribution in [0.2, 0.25) is 0 Å². The van der Waals surface area contributed by atoms with Crippen molar-refractivity contribution < 1.29 is 23.9 Å². The van der Waals surface area contributed by atoms with Gasteiger partial charge in [0.2, 0.25) is 5.91 Å². The van der Waals surface area contributed by atoms with Crippen molar-refractivity contribution in [3.05, 3.63) is 125 Å². The maximum Gasteiger partial charge on any atom is 0.238 e. The highest BCUT2D eigenvalue weighted by Gasteiger charge is 2.70. The summed E-state index contributed by atoms with van der Waals surface area (Å²) in [6.45, 7) is 4.05. The van der Waals surface area contributed by atoms with Crippen LogP contribution < -0.4 is 19.7 Å². The molecule has 4 atom stereocenters. The molecule has 7 nitrogen and oxygen atoms in total. The van der Waals surface area contributed by atoms with Crippen molar-refractivity contribution in [3.8, 4) is 11.5 Å². The number of ketones is 2. The standard InChI is InChI=1S/C37H32N2O5/c1-21-14-16-29-25(18-21)22(2)19-31-37(27-12-8-9-13-28(27)38-36(37)42)32(33(39(29)31)34(40)23-10-6-5-7-11-23)35(41)26-20-24(43-3)15-17-30(26)44-4/h5-20,31-33H,1-4H3,(H,38,42)/t31-,32+,33-,37-/m1/s1. The molecular formula is C37H32N2O5. The summed E-state index contributed by atoms with van der Waals surface area (Å²) in [6, 6.07) is 26.0. The Kier molecular flexibility index (Phi) is 6.43. The first kappa shape index (κ1) is 27.7. The minimum atomic E-state index is -1.42. The number of nitrogens with zero attached hydrogens (tertiary/aromatic N) is 1. The number of allylic oxidation sites excluding steroid dienone is 1. The van der Waals surface area contributed by atoms with Crippen LogP contribution >= 0.6 is 0 Å². The number of amides is 1. The van der Waals surface area contributed by atoms with E-state index in [2.05, 4.69) is 17.5 Å². The van der Waals surface area contributed by atoms with Gasteiger partial charge in [0.05, 0.1) is 31.7 Å². The van der Waals surface area contributed by atoms with E-state index in [1.54, 1.807) is 30.3 Å². The Labute approximate surface area is 256 Å². The van der Waals surface area contributed by atoms with E-state index in [1.165, 1.54) is 14.2 Å². The van der Waals surface area contributed by atoms with E-state index in [1.807, 2.05) is 73.3 Å². The van der Waals surface area contributed by atoms with Gasteiger partial charge in [0.25, 0.3) is 0 Å². The van der Waals surface area contributed by atoms with Crippen molar-refractivity contribution in [3.63, 3.8) is 0 Å². The van der Waals surface area contributed by atoms with E-state index < -0.39 is 23.4 Å². The molecule has 4 aromatic rings. The third-order valence-electron chi connectivity index (χ3n) is 9.41. The van der Waals surface area contributed by atoms with Gasteiger partial charge in [-0.15, -0.1) is 0 Å². The smallest absolute Gasteiger partial charge is 0.238 e. The van der Waals surface area contributed by atoms with Crippen LogP contribution in [-0.2, 0) is 10.2 Å². The minimum absolute atomic E-state index is 0.232. The number of benzene rings is 4. The number of hydrogen-bond acceptors (Lipinski definition) is 6. The summed E-state index contributed by atoms with van der Waals surface area (Å²) in [6.07, 6.45) is 2.06. The molecule has 1 spiro atoms. The second kappa shape index (κ2) is 10.2. The lowest BCUT2D eigenvalue weighted by atomic mass is 9.63. The van der Waals surface area contributed by atoms with Gasteiger partial charge in [0.1, 0.15) is 23.0 Å². The van der Waals surface area contributed by atoms with Crippen molar-refractivity contribution in [2.75, 3.05) is 24.4 Å². The number of aryl methyl sites for hydroxylation is 1.